The Labute approximate surface area is 132 Å². The molecule has 1 aromatic carbocycles. The van der Waals surface area contributed by atoms with Crippen molar-refractivity contribution in [3.8, 4) is 5.75 Å². The number of thioether (sulfide) groups is 1. The highest BCUT2D eigenvalue weighted by atomic mass is 35.5. The number of hydrogen-bond acceptors (Lipinski definition) is 5. The summed E-state index contributed by atoms with van der Waals surface area (Å²) in [7, 11) is 0. The Bertz CT molecular complexity index is 665. The molecule has 0 unspecified atom stereocenters. The second-order valence-electron chi connectivity index (χ2n) is 3.99. The Kier molecular flexibility index (Phi) is 4.46. The van der Waals surface area contributed by atoms with Crippen LogP contribution >= 0.6 is 35.0 Å². The average Bonchev–Trinajstić information content (AvgIpc) is 2.63. The van der Waals surface area contributed by atoms with Gasteiger partial charge in [0.05, 0.1) is 15.0 Å². The molecule has 1 fully saturated rings. The SMILES string of the molecule is O=C(O)CN1C(=O)S/C(=C\c2cc(Cl)c(O)c(Cl)c2)C1=O. The van der Waals surface area contributed by atoms with Crippen LogP contribution in [0.3, 0.4) is 0 Å². The van der Waals surface area contributed by atoms with Gasteiger partial charge in [-0.05, 0) is 35.5 Å². The Morgan fingerprint density at radius 1 is 1.29 bits per heavy atom. The molecule has 0 saturated carbocycles. The van der Waals surface area contributed by atoms with Gasteiger partial charge < -0.3 is 10.2 Å². The number of benzene rings is 1. The van der Waals surface area contributed by atoms with Crippen molar-refractivity contribution in [2.24, 2.45) is 0 Å². The van der Waals surface area contributed by atoms with Crippen molar-refractivity contribution in [1.82, 2.24) is 4.90 Å². The molecule has 1 aromatic rings. The van der Waals surface area contributed by atoms with Crippen molar-refractivity contribution >= 4 is 58.2 Å². The molecule has 1 aliphatic rings. The van der Waals surface area contributed by atoms with E-state index in [4.69, 9.17) is 28.3 Å². The van der Waals surface area contributed by atoms with Gasteiger partial charge in [0.25, 0.3) is 11.1 Å². The third kappa shape index (κ3) is 3.31. The molecule has 2 rings (SSSR count). The van der Waals surface area contributed by atoms with Crippen LogP contribution in [-0.4, -0.2) is 38.8 Å². The van der Waals surface area contributed by atoms with E-state index in [1.165, 1.54) is 18.2 Å². The van der Waals surface area contributed by atoms with Crippen LogP contribution in [0, 0.1) is 0 Å². The minimum atomic E-state index is -1.28. The van der Waals surface area contributed by atoms with E-state index in [0.29, 0.717) is 22.2 Å². The molecule has 0 bridgehead atoms. The second-order valence-corrected chi connectivity index (χ2v) is 5.80. The molecule has 0 aromatic heterocycles. The van der Waals surface area contributed by atoms with Gasteiger partial charge in [0.2, 0.25) is 0 Å². The first-order valence-corrected chi connectivity index (χ1v) is 7.02. The number of carbonyl (C=O) groups excluding carboxylic acids is 2. The number of rotatable bonds is 3. The molecule has 0 atom stereocenters. The maximum atomic E-state index is 11.9. The van der Waals surface area contributed by atoms with Crippen LogP contribution in [0.2, 0.25) is 10.0 Å². The zero-order valence-corrected chi connectivity index (χ0v) is 12.5. The lowest BCUT2D eigenvalue weighted by atomic mass is 10.2. The summed E-state index contributed by atoms with van der Waals surface area (Å²) < 4.78 is 0. The van der Waals surface area contributed by atoms with Crippen molar-refractivity contribution < 1.29 is 24.6 Å². The van der Waals surface area contributed by atoms with Gasteiger partial charge in [-0.25, -0.2) is 0 Å². The molecule has 6 nitrogen and oxygen atoms in total. The normalized spacial score (nSPS) is 16.9. The van der Waals surface area contributed by atoms with E-state index >= 15 is 0 Å². The summed E-state index contributed by atoms with van der Waals surface area (Å²) in [6.07, 6.45) is 1.35. The largest absolute Gasteiger partial charge is 0.505 e. The molecule has 1 aliphatic heterocycles. The fourth-order valence-electron chi connectivity index (χ4n) is 1.59. The quantitative estimate of drug-likeness (QED) is 0.816. The number of imide groups is 1. The first-order chi connectivity index (χ1) is 9.79. The van der Waals surface area contributed by atoms with Crippen molar-refractivity contribution in [2.75, 3.05) is 6.54 Å². The molecule has 9 heteroatoms. The van der Waals surface area contributed by atoms with Crippen LogP contribution < -0.4 is 0 Å². The second kappa shape index (κ2) is 5.97. The zero-order valence-electron chi connectivity index (χ0n) is 10.2. The standard InChI is InChI=1S/C12H7Cl2NO5S/c13-6-1-5(2-7(14)10(6)18)3-8-11(19)15(4-9(16)17)12(20)21-8/h1-3,18H,4H2,(H,16,17)/b8-3-. The molecule has 1 saturated heterocycles. The molecule has 0 spiro atoms. The van der Waals surface area contributed by atoms with E-state index in [2.05, 4.69) is 0 Å². The third-order valence-corrected chi connectivity index (χ3v) is 3.99. The maximum absolute atomic E-state index is 11.9. The summed E-state index contributed by atoms with van der Waals surface area (Å²) in [6.45, 7) is -0.695. The lowest BCUT2D eigenvalue weighted by Crippen LogP contribution is -2.33. The monoisotopic (exact) mass is 347 g/mol. The van der Waals surface area contributed by atoms with Gasteiger partial charge in [0.1, 0.15) is 6.54 Å². The summed E-state index contributed by atoms with van der Waals surface area (Å²) >= 11 is 12.1. The number of carboxylic acid groups (broad SMARTS) is 1. The third-order valence-electron chi connectivity index (χ3n) is 2.50. The first-order valence-electron chi connectivity index (χ1n) is 5.44. The number of phenols is 1. The van der Waals surface area contributed by atoms with Gasteiger partial charge in [-0.3, -0.25) is 19.3 Å². The van der Waals surface area contributed by atoms with Crippen LogP contribution in [-0.2, 0) is 9.59 Å². The molecular formula is C12H7Cl2NO5S. The van der Waals surface area contributed by atoms with Crippen molar-refractivity contribution in [2.45, 2.75) is 0 Å². The molecule has 2 N–H and O–H groups in total. The smallest absolute Gasteiger partial charge is 0.323 e. The minimum absolute atomic E-state index is 0.00138. The van der Waals surface area contributed by atoms with Gasteiger partial charge >= 0.3 is 5.97 Å². The number of aromatic hydroxyl groups is 1. The Hall–Kier alpha value is -1.70. The number of carboxylic acids is 1. The molecular weight excluding hydrogens is 341 g/mol. The predicted octanol–water partition coefficient (Wildman–Crippen LogP) is 2.82. The van der Waals surface area contributed by atoms with Crippen LogP contribution in [0.25, 0.3) is 6.08 Å². The number of halogens is 2. The summed E-state index contributed by atoms with van der Waals surface area (Å²) in [5.74, 6) is -2.27. The number of nitrogens with zero attached hydrogens (tertiary/aromatic N) is 1. The lowest BCUT2D eigenvalue weighted by Gasteiger charge is -2.07. The molecule has 2 amide bonds. The van der Waals surface area contributed by atoms with Gasteiger partial charge in [-0.15, -0.1) is 0 Å². The highest BCUT2D eigenvalue weighted by molar-refractivity contribution is 8.18. The van der Waals surface area contributed by atoms with Crippen LogP contribution in [0.4, 0.5) is 4.79 Å². The van der Waals surface area contributed by atoms with Crippen molar-refractivity contribution in [1.29, 1.82) is 0 Å². The van der Waals surface area contributed by atoms with E-state index in [0.717, 1.165) is 0 Å². The summed E-state index contributed by atoms with van der Waals surface area (Å²) in [6, 6.07) is 2.74. The number of aliphatic carboxylic acids is 1. The van der Waals surface area contributed by atoms with E-state index in [-0.39, 0.29) is 20.7 Å². The Morgan fingerprint density at radius 2 is 1.86 bits per heavy atom. The van der Waals surface area contributed by atoms with Crippen molar-refractivity contribution in [3.63, 3.8) is 0 Å². The first kappa shape index (κ1) is 15.7. The zero-order chi connectivity index (χ0) is 15.7. The highest BCUT2D eigenvalue weighted by Crippen LogP contribution is 2.36. The lowest BCUT2D eigenvalue weighted by molar-refractivity contribution is -0.140. The average molecular weight is 348 g/mol. The molecule has 0 radical (unpaired) electrons. The summed E-state index contributed by atoms with van der Waals surface area (Å²) in [5, 5.41) is 17.4. The van der Waals surface area contributed by atoms with Crippen LogP contribution in [0.5, 0.6) is 5.75 Å². The topological polar surface area (TPSA) is 94.9 Å². The molecule has 21 heavy (non-hydrogen) atoms. The van der Waals surface area contributed by atoms with E-state index in [9.17, 15) is 19.5 Å². The van der Waals surface area contributed by atoms with Gasteiger partial charge in [-0.2, -0.15) is 0 Å². The van der Waals surface area contributed by atoms with Crippen LogP contribution in [0.1, 0.15) is 5.56 Å². The van der Waals surface area contributed by atoms with Gasteiger partial charge in [0.15, 0.2) is 5.75 Å². The summed E-state index contributed by atoms with van der Waals surface area (Å²) in [5.41, 5.74) is 0.406. The van der Waals surface area contributed by atoms with E-state index in [1.807, 2.05) is 0 Å². The number of carbonyl (C=O) groups is 3. The summed E-state index contributed by atoms with van der Waals surface area (Å²) in [4.78, 5) is 34.8. The highest BCUT2D eigenvalue weighted by Gasteiger charge is 2.36. The fraction of sp³-hybridized carbons (Fsp3) is 0.0833. The fourth-order valence-corrected chi connectivity index (χ4v) is 2.93. The number of hydrogen-bond donors (Lipinski definition) is 2. The van der Waals surface area contributed by atoms with Crippen molar-refractivity contribution in [3.05, 3.63) is 32.6 Å². The Balaban J connectivity index is 2.33. The van der Waals surface area contributed by atoms with E-state index in [1.54, 1.807) is 0 Å². The number of phenolic OH excluding ortho intramolecular Hbond substituents is 1. The predicted molar refractivity (Wildman–Crippen MR) is 78.4 cm³/mol. The van der Waals surface area contributed by atoms with Gasteiger partial charge in [-0.1, -0.05) is 23.2 Å². The van der Waals surface area contributed by atoms with E-state index < -0.39 is 23.7 Å². The molecule has 110 valence electrons. The van der Waals surface area contributed by atoms with Gasteiger partial charge in [0, 0.05) is 0 Å². The van der Waals surface area contributed by atoms with Crippen LogP contribution in [0.15, 0.2) is 17.0 Å². The molecule has 0 aliphatic carbocycles. The number of amides is 2. The Morgan fingerprint density at radius 3 is 2.38 bits per heavy atom. The molecule has 1 heterocycles. The maximum Gasteiger partial charge on any atom is 0.323 e. The minimum Gasteiger partial charge on any atom is -0.505 e.